The van der Waals surface area contributed by atoms with Crippen molar-refractivity contribution in [2.75, 3.05) is 31.6 Å². The SMILES string of the molecule is CC(Nc1nc(C(O)N2CC(C(=O)NCCO)C2)c2sccc2n1)c1cncc(F)c1. The Balaban J connectivity index is 1.50. The van der Waals surface area contributed by atoms with Gasteiger partial charge in [0.1, 0.15) is 11.5 Å². The Labute approximate surface area is 182 Å². The Morgan fingerprint density at radius 3 is 2.94 bits per heavy atom. The molecule has 9 nitrogen and oxygen atoms in total. The minimum atomic E-state index is -0.988. The van der Waals surface area contributed by atoms with Gasteiger partial charge >= 0.3 is 0 Å². The molecule has 0 spiro atoms. The third-order valence-corrected chi connectivity index (χ3v) is 6.11. The number of anilines is 1. The molecule has 0 bridgehead atoms. The van der Waals surface area contributed by atoms with E-state index in [9.17, 15) is 14.3 Å². The number of carbonyl (C=O) groups excluding carboxylic acids is 1. The third-order valence-electron chi connectivity index (χ3n) is 5.18. The number of carbonyl (C=O) groups is 1. The number of thiophene rings is 1. The first kappa shape index (κ1) is 21.5. The summed E-state index contributed by atoms with van der Waals surface area (Å²) in [5.41, 5.74) is 1.80. The number of pyridine rings is 1. The molecule has 1 amide bonds. The molecule has 0 aromatic carbocycles. The van der Waals surface area contributed by atoms with E-state index >= 15 is 0 Å². The highest BCUT2D eigenvalue weighted by Gasteiger charge is 2.38. The lowest BCUT2D eigenvalue weighted by atomic mass is 9.98. The molecule has 4 rings (SSSR count). The van der Waals surface area contributed by atoms with Gasteiger partial charge in [0.2, 0.25) is 11.9 Å². The minimum Gasteiger partial charge on any atom is -0.395 e. The number of fused-ring (bicyclic) bond motifs is 1. The van der Waals surface area contributed by atoms with E-state index in [1.807, 2.05) is 18.4 Å². The molecule has 2 atom stereocenters. The fourth-order valence-corrected chi connectivity index (χ4v) is 4.28. The Kier molecular flexibility index (Phi) is 6.37. The molecule has 3 aromatic rings. The van der Waals surface area contributed by atoms with Crippen LogP contribution in [0, 0.1) is 11.7 Å². The number of aliphatic hydroxyl groups excluding tert-OH is 2. The van der Waals surface area contributed by atoms with Crippen molar-refractivity contribution in [3.8, 4) is 0 Å². The van der Waals surface area contributed by atoms with Gasteiger partial charge in [0, 0.05) is 25.8 Å². The first-order chi connectivity index (χ1) is 15.0. The molecule has 31 heavy (non-hydrogen) atoms. The lowest BCUT2D eigenvalue weighted by Gasteiger charge is -2.40. The van der Waals surface area contributed by atoms with Crippen LogP contribution in [0.1, 0.15) is 30.5 Å². The maximum Gasteiger partial charge on any atom is 0.225 e. The first-order valence-corrected chi connectivity index (χ1v) is 10.8. The van der Waals surface area contributed by atoms with Crippen molar-refractivity contribution in [1.82, 2.24) is 25.2 Å². The lowest BCUT2D eigenvalue weighted by molar-refractivity contribution is -0.137. The predicted octanol–water partition coefficient (Wildman–Crippen LogP) is 1.43. The fraction of sp³-hybridized carbons (Fsp3) is 0.400. The van der Waals surface area contributed by atoms with Crippen LogP contribution >= 0.6 is 11.3 Å². The number of hydrogen-bond acceptors (Lipinski definition) is 9. The zero-order valence-electron chi connectivity index (χ0n) is 16.8. The van der Waals surface area contributed by atoms with Crippen molar-refractivity contribution in [3.63, 3.8) is 0 Å². The van der Waals surface area contributed by atoms with E-state index in [2.05, 4.69) is 25.6 Å². The molecule has 11 heteroatoms. The van der Waals surface area contributed by atoms with Crippen molar-refractivity contribution in [2.45, 2.75) is 19.2 Å². The molecule has 4 heterocycles. The second kappa shape index (κ2) is 9.18. The van der Waals surface area contributed by atoms with Crippen LogP contribution in [0.15, 0.2) is 29.9 Å². The smallest absolute Gasteiger partial charge is 0.225 e. The summed E-state index contributed by atoms with van der Waals surface area (Å²) < 4.78 is 14.3. The van der Waals surface area contributed by atoms with Gasteiger partial charge in [-0.1, -0.05) is 0 Å². The van der Waals surface area contributed by atoms with Gasteiger partial charge in [-0.3, -0.25) is 14.7 Å². The normalized spacial score (nSPS) is 16.6. The Hall–Kier alpha value is -2.73. The molecule has 0 aliphatic carbocycles. The number of halogens is 1. The van der Waals surface area contributed by atoms with E-state index in [0.717, 1.165) is 10.9 Å². The topological polar surface area (TPSA) is 124 Å². The summed E-state index contributed by atoms with van der Waals surface area (Å²) in [5.74, 6) is -0.484. The van der Waals surface area contributed by atoms with Crippen molar-refractivity contribution in [3.05, 3.63) is 47.0 Å². The average Bonchev–Trinajstić information content (AvgIpc) is 3.19. The highest BCUT2D eigenvalue weighted by atomic mass is 32.1. The van der Waals surface area contributed by atoms with Crippen LogP contribution < -0.4 is 10.6 Å². The van der Waals surface area contributed by atoms with Crippen LogP contribution in [0.5, 0.6) is 0 Å². The molecule has 1 aliphatic rings. The second-order valence-corrected chi connectivity index (χ2v) is 8.33. The zero-order chi connectivity index (χ0) is 22.0. The standard InChI is InChI=1S/C20H23FN6O3S/c1-11(12-6-14(21)8-22-7-12)24-20-25-15-2-5-31-17(15)16(26-20)19(30)27-9-13(10-27)18(29)23-3-4-28/h2,5-8,11,13,19,28,30H,3-4,9-10H2,1H3,(H,23,29)(H,24,25,26). The molecule has 3 aromatic heterocycles. The van der Waals surface area contributed by atoms with Gasteiger partial charge < -0.3 is 20.8 Å². The largest absolute Gasteiger partial charge is 0.395 e. The average molecular weight is 447 g/mol. The molecule has 1 aliphatic heterocycles. The number of nitrogens with zero attached hydrogens (tertiary/aromatic N) is 4. The van der Waals surface area contributed by atoms with Crippen LogP contribution in [0.3, 0.4) is 0 Å². The molecule has 0 saturated carbocycles. The summed E-state index contributed by atoms with van der Waals surface area (Å²) in [6.07, 6.45) is 1.72. The molecule has 0 radical (unpaired) electrons. The number of nitrogens with one attached hydrogen (secondary N) is 2. The van der Waals surface area contributed by atoms with Crippen molar-refractivity contribution >= 4 is 33.4 Å². The van der Waals surface area contributed by atoms with Crippen LogP contribution in [0.25, 0.3) is 10.2 Å². The van der Waals surface area contributed by atoms with Gasteiger partial charge in [-0.25, -0.2) is 14.4 Å². The van der Waals surface area contributed by atoms with E-state index in [0.29, 0.717) is 35.8 Å². The van der Waals surface area contributed by atoms with Crippen LogP contribution in [-0.4, -0.2) is 62.2 Å². The van der Waals surface area contributed by atoms with E-state index < -0.39 is 12.0 Å². The number of aromatic nitrogens is 3. The number of rotatable bonds is 8. The van der Waals surface area contributed by atoms with Crippen LogP contribution in [0.4, 0.5) is 10.3 Å². The van der Waals surface area contributed by atoms with Gasteiger partial charge in [-0.2, -0.15) is 0 Å². The van der Waals surface area contributed by atoms with Crippen molar-refractivity contribution in [1.29, 1.82) is 0 Å². The van der Waals surface area contributed by atoms with E-state index in [1.54, 1.807) is 11.1 Å². The van der Waals surface area contributed by atoms with Crippen LogP contribution in [0.2, 0.25) is 0 Å². The molecule has 1 saturated heterocycles. The van der Waals surface area contributed by atoms with E-state index in [1.165, 1.54) is 17.4 Å². The minimum absolute atomic E-state index is 0.109. The monoisotopic (exact) mass is 446 g/mol. The van der Waals surface area contributed by atoms with Gasteiger partial charge in [-0.05, 0) is 30.0 Å². The number of likely N-dealkylation sites (tertiary alicyclic amines) is 1. The number of hydrogen-bond donors (Lipinski definition) is 4. The molecular formula is C20H23FN6O3S. The number of amides is 1. The second-order valence-electron chi connectivity index (χ2n) is 7.41. The van der Waals surface area contributed by atoms with E-state index in [-0.39, 0.29) is 31.0 Å². The highest BCUT2D eigenvalue weighted by Crippen LogP contribution is 2.33. The summed E-state index contributed by atoms with van der Waals surface area (Å²) in [4.78, 5) is 26.7. The van der Waals surface area contributed by atoms with Gasteiger partial charge in [0.05, 0.1) is 35.0 Å². The molecule has 1 fully saturated rings. The van der Waals surface area contributed by atoms with Gasteiger partial charge in [0.15, 0.2) is 6.23 Å². The fourth-order valence-electron chi connectivity index (χ4n) is 3.44. The Morgan fingerprint density at radius 2 is 2.19 bits per heavy atom. The molecule has 164 valence electrons. The van der Waals surface area contributed by atoms with Crippen molar-refractivity contribution < 1.29 is 19.4 Å². The summed E-state index contributed by atoms with van der Waals surface area (Å²) >= 11 is 1.43. The maximum absolute atomic E-state index is 13.5. The highest BCUT2D eigenvalue weighted by molar-refractivity contribution is 7.17. The van der Waals surface area contributed by atoms with Gasteiger partial charge in [0.25, 0.3) is 0 Å². The summed E-state index contributed by atoms with van der Waals surface area (Å²) in [6, 6.07) is 2.94. The van der Waals surface area contributed by atoms with Crippen LogP contribution in [-0.2, 0) is 4.79 Å². The maximum atomic E-state index is 13.5. The van der Waals surface area contributed by atoms with E-state index in [4.69, 9.17) is 5.11 Å². The summed E-state index contributed by atoms with van der Waals surface area (Å²) in [5, 5.41) is 27.4. The third kappa shape index (κ3) is 4.64. The Bertz CT molecular complexity index is 1070. The number of aliphatic hydroxyl groups is 2. The quantitative estimate of drug-likeness (QED) is 0.410. The molecule has 4 N–H and O–H groups in total. The zero-order valence-corrected chi connectivity index (χ0v) is 17.6. The van der Waals surface area contributed by atoms with Crippen molar-refractivity contribution in [2.24, 2.45) is 5.92 Å². The first-order valence-electron chi connectivity index (χ1n) is 9.89. The molecule has 2 unspecified atom stereocenters. The predicted molar refractivity (Wildman–Crippen MR) is 114 cm³/mol. The summed E-state index contributed by atoms with van der Waals surface area (Å²) in [7, 11) is 0. The summed E-state index contributed by atoms with van der Waals surface area (Å²) in [6.45, 7) is 2.74. The van der Waals surface area contributed by atoms with Gasteiger partial charge in [-0.15, -0.1) is 11.3 Å². The molecular weight excluding hydrogens is 423 g/mol. The Morgan fingerprint density at radius 1 is 1.39 bits per heavy atom. The lowest BCUT2D eigenvalue weighted by Crippen LogP contribution is -2.55.